The highest BCUT2D eigenvalue weighted by atomic mass is 35.5. The van der Waals surface area contributed by atoms with Crippen LogP contribution in [-0.2, 0) is 32.1 Å². The molecule has 2 aromatic rings. The molecule has 2 heterocycles. The lowest BCUT2D eigenvalue weighted by Crippen LogP contribution is -2.56. The largest absolute Gasteiger partial charge is 0.379 e. The lowest BCUT2D eigenvalue weighted by Gasteiger charge is -2.37. The summed E-state index contributed by atoms with van der Waals surface area (Å²) >= 11 is 6.10. The van der Waals surface area contributed by atoms with Crippen LogP contribution >= 0.6 is 11.6 Å². The molecule has 0 aliphatic carbocycles. The zero-order valence-electron chi connectivity index (χ0n) is 22.8. The van der Waals surface area contributed by atoms with E-state index in [2.05, 4.69) is 10.6 Å². The summed E-state index contributed by atoms with van der Waals surface area (Å²) < 4.78 is 5.34. The van der Waals surface area contributed by atoms with E-state index in [0.29, 0.717) is 43.4 Å². The number of amides is 3. The number of nitrogens with two attached hydrogens (primary N) is 1. The number of aliphatic hydroxyl groups excluding tert-OH is 1. The Morgan fingerprint density at radius 2 is 1.85 bits per heavy atom. The summed E-state index contributed by atoms with van der Waals surface area (Å²) in [6.07, 6.45) is 0.142. The van der Waals surface area contributed by atoms with Gasteiger partial charge in [0.1, 0.15) is 18.3 Å². The third-order valence-electron chi connectivity index (χ3n) is 7.47. The van der Waals surface area contributed by atoms with E-state index in [1.54, 1.807) is 23.1 Å². The second-order valence-electron chi connectivity index (χ2n) is 10.3. The molecule has 0 bridgehead atoms. The summed E-state index contributed by atoms with van der Waals surface area (Å²) in [5.74, 6) is -1.04. The Morgan fingerprint density at radius 1 is 1.12 bits per heavy atom. The number of nitrogens with one attached hydrogen (secondary N) is 2. The number of nitrogens with zero attached hydrogens (tertiary/aromatic N) is 2. The lowest BCUT2D eigenvalue weighted by atomic mass is 9.92. The number of benzene rings is 2. The number of hydrogen-bond acceptors (Lipinski definition) is 7. The van der Waals surface area contributed by atoms with E-state index in [1.807, 2.05) is 36.1 Å². The first-order valence-corrected chi connectivity index (χ1v) is 14.1. The SMILES string of the molecule is Cc1cc(NC(=O)[C@H](CCN)NC(=O)[C@@H]2Cc3ccccc3CN2C(=O)CCC(O)N2CCOCC2)ccc1Cl. The minimum absolute atomic E-state index is 0.0904. The average molecular weight is 572 g/mol. The number of anilines is 1. The number of aryl methyl sites for hydroxylation is 1. The average Bonchev–Trinajstić information content (AvgIpc) is 2.97. The molecule has 1 saturated heterocycles. The summed E-state index contributed by atoms with van der Waals surface area (Å²) in [7, 11) is 0. The van der Waals surface area contributed by atoms with Crippen molar-refractivity contribution in [3.63, 3.8) is 0 Å². The molecule has 0 saturated carbocycles. The van der Waals surface area contributed by atoms with E-state index in [9.17, 15) is 19.5 Å². The second kappa shape index (κ2) is 14.0. The van der Waals surface area contributed by atoms with E-state index < -0.39 is 30.1 Å². The van der Waals surface area contributed by atoms with Gasteiger partial charge < -0.3 is 31.1 Å². The topological polar surface area (TPSA) is 137 Å². The Bertz CT molecular complexity index is 1210. The molecule has 4 rings (SSSR count). The minimum atomic E-state index is -0.884. The summed E-state index contributed by atoms with van der Waals surface area (Å²) in [5.41, 5.74) is 9.11. The van der Waals surface area contributed by atoms with Gasteiger partial charge in [-0.05, 0) is 61.2 Å². The van der Waals surface area contributed by atoms with E-state index in [0.717, 1.165) is 16.7 Å². The van der Waals surface area contributed by atoms with Crippen LogP contribution in [0.25, 0.3) is 0 Å². The molecule has 10 nitrogen and oxygen atoms in total. The van der Waals surface area contributed by atoms with Gasteiger partial charge in [0, 0.05) is 43.2 Å². The molecule has 0 aromatic heterocycles. The first-order chi connectivity index (χ1) is 19.3. The van der Waals surface area contributed by atoms with Crippen molar-refractivity contribution in [3.8, 4) is 0 Å². The zero-order chi connectivity index (χ0) is 28.6. The Hall–Kier alpha value is -3.02. The summed E-state index contributed by atoms with van der Waals surface area (Å²) in [4.78, 5) is 43.6. The Morgan fingerprint density at radius 3 is 2.55 bits per heavy atom. The van der Waals surface area contributed by atoms with Crippen LogP contribution in [0.3, 0.4) is 0 Å². The Labute approximate surface area is 239 Å². The Kier molecular flexibility index (Phi) is 10.5. The second-order valence-corrected chi connectivity index (χ2v) is 10.7. The van der Waals surface area contributed by atoms with Crippen LogP contribution in [0.15, 0.2) is 42.5 Å². The van der Waals surface area contributed by atoms with Gasteiger partial charge in [0.25, 0.3) is 0 Å². The molecule has 0 radical (unpaired) electrons. The normalized spacial score (nSPS) is 18.9. The van der Waals surface area contributed by atoms with Crippen molar-refractivity contribution in [3.05, 3.63) is 64.2 Å². The van der Waals surface area contributed by atoms with E-state index in [1.165, 1.54) is 0 Å². The van der Waals surface area contributed by atoms with Crippen LogP contribution < -0.4 is 16.4 Å². The maximum Gasteiger partial charge on any atom is 0.246 e. The molecule has 3 atom stereocenters. The third kappa shape index (κ3) is 7.58. The standard InChI is InChI=1S/C29H38ClN5O5/c1-19-16-22(6-7-23(19)30)32-28(38)24(10-11-31)33-29(39)25-17-20-4-2-3-5-21(20)18-35(25)27(37)9-8-26(36)34-12-14-40-15-13-34/h2-7,16,24-26,36H,8-15,17-18,31H2,1H3,(H,32,38)(H,33,39)/t24-,25-,26?/m0/s1. The predicted octanol–water partition coefficient (Wildman–Crippen LogP) is 1.80. The molecule has 2 aliphatic rings. The van der Waals surface area contributed by atoms with E-state index in [-0.39, 0.29) is 38.3 Å². The first-order valence-electron chi connectivity index (χ1n) is 13.7. The molecular formula is C29H38ClN5O5. The Balaban J connectivity index is 1.46. The molecule has 1 fully saturated rings. The zero-order valence-corrected chi connectivity index (χ0v) is 23.5. The van der Waals surface area contributed by atoms with Gasteiger partial charge in [-0.3, -0.25) is 19.3 Å². The number of carbonyl (C=O) groups excluding carboxylic acids is 3. The highest BCUT2D eigenvalue weighted by Crippen LogP contribution is 2.25. The highest BCUT2D eigenvalue weighted by molar-refractivity contribution is 6.31. The number of ether oxygens (including phenoxy) is 1. The molecule has 40 heavy (non-hydrogen) atoms. The third-order valence-corrected chi connectivity index (χ3v) is 7.89. The van der Waals surface area contributed by atoms with Crippen LogP contribution in [-0.4, -0.2) is 83.8 Å². The number of morpholine rings is 1. The number of halogens is 1. The number of aliphatic hydroxyl groups is 1. The molecule has 0 spiro atoms. The summed E-state index contributed by atoms with van der Waals surface area (Å²) in [5, 5.41) is 16.9. The van der Waals surface area contributed by atoms with E-state index in [4.69, 9.17) is 22.1 Å². The number of hydrogen-bond donors (Lipinski definition) is 4. The predicted molar refractivity (Wildman–Crippen MR) is 153 cm³/mol. The van der Waals surface area contributed by atoms with Gasteiger partial charge in [-0.25, -0.2) is 0 Å². The van der Waals surface area contributed by atoms with Crippen molar-refractivity contribution >= 4 is 35.0 Å². The number of rotatable bonds is 10. The van der Waals surface area contributed by atoms with Crippen LogP contribution in [0, 0.1) is 6.92 Å². The van der Waals surface area contributed by atoms with Crippen molar-refractivity contribution in [1.82, 2.24) is 15.1 Å². The van der Waals surface area contributed by atoms with Gasteiger partial charge >= 0.3 is 0 Å². The first kappa shape index (κ1) is 30.0. The van der Waals surface area contributed by atoms with Gasteiger partial charge in [-0.1, -0.05) is 35.9 Å². The van der Waals surface area contributed by atoms with Gasteiger partial charge in [0.15, 0.2) is 0 Å². The molecular weight excluding hydrogens is 534 g/mol. The molecule has 3 amide bonds. The molecule has 11 heteroatoms. The molecule has 216 valence electrons. The van der Waals surface area contributed by atoms with Crippen molar-refractivity contribution in [2.45, 2.75) is 57.5 Å². The van der Waals surface area contributed by atoms with Gasteiger partial charge in [-0.15, -0.1) is 0 Å². The fourth-order valence-electron chi connectivity index (χ4n) is 5.13. The van der Waals surface area contributed by atoms with Crippen LogP contribution in [0.5, 0.6) is 0 Å². The fourth-order valence-corrected chi connectivity index (χ4v) is 5.25. The molecule has 1 unspecified atom stereocenters. The van der Waals surface area contributed by atoms with Gasteiger partial charge in [0.05, 0.1) is 13.2 Å². The maximum atomic E-state index is 13.6. The minimum Gasteiger partial charge on any atom is -0.379 e. The van der Waals surface area contributed by atoms with Gasteiger partial charge in [-0.2, -0.15) is 0 Å². The van der Waals surface area contributed by atoms with Gasteiger partial charge in [0.2, 0.25) is 17.7 Å². The van der Waals surface area contributed by atoms with Crippen molar-refractivity contribution < 1.29 is 24.2 Å². The van der Waals surface area contributed by atoms with Crippen molar-refractivity contribution in [2.75, 3.05) is 38.2 Å². The van der Waals surface area contributed by atoms with E-state index >= 15 is 0 Å². The highest BCUT2D eigenvalue weighted by Gasteiger charge is 2.36. The molecule has 2 aliphatic heterocycles. The fraction of sp³-hybridized carbons (Fsp3) is 0.483. The molecule has 5 N–H and O–H groups in total. The van der Waals surface area contributed by atoms with Crippen molar-refractivity contribution in [2.24, 2.45) is 5.73 Å². The lowest BCUT2D eigenvalue weighted by molar-refractivity contribution is -0.143. The smallest absolute Gasteiger partial charge is 0.246 e. The monoisotopic (exact) mass is 571 g/mol. The summed E-state index contributed by atoms with van der Waals surface area (Å²) in [6, 6.07) is 11.2. The molecule has 2 aromatic carbocycles. The van der Waals surface area contributed by atoms with Crippen molar-refractivity contribution in [1.29, 1.82) is 0 Å². The summed E-state index contributed by atoms with van der Waals surface area (Å²) in [6.45, 7) is 4.61. The maximum absolute atomic E-state index is 13.6. The van der Waals surface area contributed by atoms with Crippen LogP contribution in [0.2, 0.25) is 5.02 Å². The number of fused-ring (bicyclic) bond motifs is 1. The quantitative estimate of drug-likeness (QED) is 0.341. The van der Waals surface area contributed by atoms with Crippen LogP contribution in [0.4, 0.5) is 5.69 Å². The number of carbonyl (C=O) groups is 3. The van der Waals surface area contributed by atoms with Crippen LogP contribution in [0.1, 0.15) is 36.0 Å².